The lowest BCUT2D eigenvalue weighted by molar-refractivity contribution is 0.676. The van der Waals surface area contributed by atoms with E-state index < -0.39 is 0 Å². The van der Waals surface area contributed by atoms with Gasteiger partial charge in [-0.2, -0.15) is 0 Å². The van der Waals surface area contributed by atoms with E-state index in [2.05, 4.69) is 0 Å². The number of pyridine rings is 1. The van der Waals surface area contributed by atoms with Gasteiger partial charge in [0.05, 0.1) is 0 Å². The van der Waals surface area contributed by atoms with E-state index in [-0.39, 0.29) is 11.1 Å². The fourth-order valence-corrected chi connectivity index (χ4v) is 1.50. The van der Waals surface area contributed by atoms with Crippen molar-refractivity contribution < 1.29 is 0 Å². The average molecular weight is 178 g/mol. The summed E-state index contributed by atoms with van der Waals surface area (Å²) in [6, 6.07) is 3.45. The predicted molar refractivity (Wildman–Crippen MR) is 51.5 cm³/mol. The van der Waals surface area contributed by atoms with Crippen molar-refractivity contribution in [1.82, 2.24) is 4.57 Å². The van der Waals surface area contributed by atoms with Gasteiger partial charge in [0, 0.05) is 24.3 Å². The van der Waals surface area contributed by atoms with Crippen LogP contribution in [0.3, 0.4) is 0 Å². The third-order valence-electron chi connectivity index (χ3n) is 2.69. The highest BCUT2D eigenvalue weighted by Crippen LogP contribution is 2.41. The molecule has 13 heavy (non-hydrogen) atoms. The van der Waals surface area contributed by atoms with Gasteiger partial charge in [-0.05, 0) is 25.3 Å². The van der Waals surface area contributed by atoms with Crippen molar-refractivity contribution in [2.45, 2.75) is 31.8 Å². The Kier molecular flexibility index (Phi) is 1.77. The fraction of sp³-hybridized carbons (Fsp3) is 0.500. The van der Waals surface area contributed by atoms with Gasteiger partial charge in [-0.1, -0.05) is 6.07 Å². The number of nitrogens with two attached hydrogens (primary N) is 1. The first-order valence-electron chi connectivity index (χ1n) is 4.65. The maximum atomic E-state index is 11.3. The van der Waals surface area contributed by atoms with Gasteiger partial charge in [0.15, 0.2) is 0 Å². The first kappa shape index (κ1) is 8.51. The second-order valence-corrected chi connectivity index (χ2v) is 3.70. The van der Waals surface area contributed by atoms with Crippen molar-refractivity contribution in [3.63, 3.8) is 0 Å². The van der Waals surface area contributed by atoms with Crippen LogP contribution in [0.4, 0.5) is 0 Å². The highest BCUT2D eigenvalue weighted by atomic mass is 16.1. The maximum absolute atomic E-state index is 11.3. The number of aromatic nitrogens is 1. The predicted octanol–water partition coefficient (Wildman–Crippen LogP) is 0.816. The molecule has 1 saturated carbocycles. The molecule has 2 rings (SSSR count). The molecule has 0 saturated heterocycles. The molecule has 1 aromatic rings. The third-order valence-corrected chi connectivity index (χ3v) is 2.69. The molecule has 0 aliphatic heterocycles. The fourth-order valence-electron chi connectivity index (χ4n) is 1.50. The smallest absolute Gasteiger partial charge is 0.250 e. The maximum Gasteiger partial charge on any atom is 0.250 e. The summed E-state index contributed by atoms with van der Waals surface area (Å²) < 4.78 is 1.70. The Hall–Kier alpha value is -1.09. The Bertz CT molecular complexity index is 377. The average Bonchev–Trinajstić information content (AvgIpc) is 2.86. The molecule has 0 radical (unpaired) electrons. The molecule has 3 nitrogen and oxygen atoms in total. The molecular formula is C10H14N2O. The summed E-state index contributed by atoms with van der Waals surface area (Å²) in [5.41, 5.74) is 7.03. The minimum Gasteiger partial charge on any atom is -0.321 e. The highest BCUT2D eigenvalue weighted by molar-refractivity contribution is 5.26. The molecule has 0 amide bonds. The topological polar surface area (TPSA) is 48.0 Å². The van der Waals surface area contributed by atoms with Gasteiger partial charge in [-0.25, -0.2) is 0 Å². The van der Waals surface area contributed by atoms with Crippen LogP contribution in [0.2, 0.25) is 0 Å². The van der Waals surface area contributed by atoms with Crippen LogP contribution in [-0.4, -0.2) is 4.57 Å². The third kappa shape index (κ3) is 1.40. The van der Waals surface area contributed by atoms with Crippen molar-refractivity contribution in [3.8, 4) is 0 Å². The number of hydrogen-bond acceptors (Lipinski definition) is 2. The normalized spacial score (nSPS) is 18.6. The van der Waals surface area contributed by atoms with Crippen molar-refractivity contribution >= 4 is 0 Å². The zero-order valence-electron chi connectivity index (χ0n) is 7.79. The van der Waals surface area contributed by atoms with E-state index in [1.807, 2.05) is 19.2 Å². The Labute approximate surface area is 77.2 Å². The van der Waals surface area contributed by atoms with Gasteiger partial charge in [0.1, 0.15) is 0 Å². The number of nitrogens with zero attached hydrogens (tertiary/aromatic N) is 1. The second kappa shape index (κ2) is 2.70. The van der Waals surface area contributed by atoms with E-state index in [4.69, 9.17) is 5.73 Å². The summed E-state index contributed by atoms with van der Waals surface area (Å²) in [6.45, 7) is 2.67. The molecule has 1 aliphatic carbocycles. The van der Waals surface area contributed by atoms with Gasteiger partial charge in [-0.3, -0.25) is 4.79 Å². The molecular weight excluding hydrogens is 164 g/mol. The minimum atomic E-state index is -0.134. The van der Waals surface area contributed by atoms with E-state index in [1.54, 1.807) is 10.6 Å². The summed E-state index contributed by atoms with van der Waals surface area (Å²) in [5.74, 6) is 0. The van der Waals surface area contributed by atoms with Crippen molar-refractivity contribution in [1.29, 1.82) is 0 Å². The largest absolute Gasteiger partial charge is 0.321 e. The van der Waals surface area contributed by atoms with Crippen LogP contribution in [0.25, 0.3) is 0 Å². The molecule has 0 bridgehead atoms. The van der Waals surface area contributed by atoms with Crippen LogP contribution in [0.15, 0.2) is 23.1 Å². The lowest BCUT2D eigenvalue weighted by atomic mass is 10.1. The molecule has 70 valence electrons. The summed E-state index contributed by atoms with van der Waals surface area (Å²) >= 11 is 0. The molecule has 1 fully saturated rings. The lowest BCUT2D eigenvalue weighted by Gasteiger charge is -2.10. The molecule has 1 aliphatic rings. The summed E-state index contributed by atoms with van der Waals surface area (Å²) in [5, 5.41) is 0. The second-order valence-electron chi connectivity index (χ2n) is 3.70. The van der Waals surface area contributed by atoms with E-state index >= 15 is 0 Å². The van der Waals surface area contributed by atoms with Crippen LogP contribution < -0.4 is 11.3 Å². The summed E-state index contributed by atoms with van der Waals surface area (Å²) in [4.78, 5) is 11.3. The number of rotatable bonds is 2. The van der Waals surface area contributed by atoms with E-state index in [0.29, 0.717) is 6.54 Å². The molecule has 1 heterocycles. The minimum absolute atomic E-state index is 0.0514. The Morgan fingerprint density at radius 2 is 2.23 bits per heavy atom. The molecule has 1 aromatic heterocycles. The molecule has 0 unspecified atom stereocenters. The Balaban J connectivity index is 2.44. The Morgan fingerprint density at radius 1 is 1.54 bits per heavy atom. The van der Waals surface area contributed by atoms with Crippen molar-refractivity contribution in [2.75, 3.05) is 0 Å². The van der Waals surface area contributed by atoms with Crippen LogP contribution in [-0.2, 0) is 12.1 Å². The SMILES string of the molecule is CCn1cc(C2(N)CC2)ccc1=O. The lowest BCUT2D eigenvalue weighted by Crippen LogP contribution is -2.24. The zero-order chi connectivity index (χ0) is 9.47. The first-order chi connectivity index (χ1) is 6.15. The van der Waals surface area contributed by atoms with Gasteiger partial charge in [0.25, 0.3) is 5.56 Å². The Morgan fingerprint density at radius 3 is 2.77 bits per heavy atom. The zero-order valence-corrected chi connectivity index (χ0v) is 7.79. The van der Waals surface area contributed by atoms with Crippen LogP contribution in [0.5, 0.6) is 0 Å². The molecule has 0 spiro atoms. The number of hydrogen-bond donors (Lipinski definition) is 1. The monoisotopic (exact) mass is 178 g/mol. The quantitative estimate of drug-likeness (QED) is 0.728. The van der Waals surface area contributed by atoms with E-state index in [9.17, 15) is 4.79 Å². The molecule has 0 atom stereocenters. The van der Waals surface area contributed by atoms with E-state index in [1.165, 1.54) is 0 Å². The molecule has 0 aromatic carbocycles. The summed E-state index contributed by atoms with van der Waals surface area (Å²) in [7, 11) is 0. The standard InChI is InChI=1S/C10H14N2O/c1-2-12-7-8(3-4-9(12)13)10(11)5-6-10/h3-4,7H,2,5-6,11H2,1H3. The van der Waals surface area contributed by atoms with Gasteiger partial charge in [-0.15, -0.1) is 0 Å². The van der Waals surface area contributed by atoms with Gasteiger partial charge < -0.3 is 10.3 Å². The summed E-state index contributed by atoms with van der Waals surface area (Å²) in [6.07, 6.45) is 3.96. The van der Waals surface area contributed by atoms with Gasteiger partial charge in [0.2, 0.25) is 0 Å². The van der Waals surface area contributed by atoms with Crippen LogP contribution >= 0.6 is 0 Å². The highest BCUT2D eigenvalue weighted by Gasteiger charge is 2.40. The molecule has 3 heteroatoms. The van der Waals surface area contributed by atoms with Gasteiger partial charge >= 0.3 is 0 Å². The van der Waals surface area contributed by atoms with Crippen LogP contribution in [0.1, 0.15) is 25.3 Å². The van der Waals surface area contributed by atoms with E-state index in [0.717, 1.165) is 18.4 Å². The van der Waals surface area contributed by atoms with Crippen molar-refractivity contribution in [2.24, 2.45) is 5.73 Å². The van der Waals surface area contributed by atoms with Crippen molar-refractivity contribution in [3.05, 3.63) is 34.2 Å². The molecule has 2 N–H and O–H groups in total. The number of aryl methyl sites for hydroxylation is 1. The van der Waals surface area contributed by atoms with Crippen LogP contribution in [0, 0.1) is 0 Å². The first-order valence-corrected chi connectivity index (χ1v) is 4.65.